The van der Waals surface area contributed by atoms with E-state index in [0.29, 0.717) is 5.76 Å². The van der Waals surface area contributed by atoms with E-state index in [0.717, 1.165) is 35.7 Å². The van der Waals surface area contributed by atoms with Crippen molar-refractivity contribution in [1.82, 2.24) is 4.98 Å². The standard InChI is InChI=1S/C11H11NO2/c1-2-3-8-5-12-6-9-4-10(7-13)14-11(8)9/h4-7H,2-3H2,1H3. The second kappa shape index (κ2) is 3.62. The molecule has 0 amide bonds. The van der Waals surface area contributed by atoms with Crippen LogP contribution in [0.4, 0.5) is 0 Å². The quantitative estimate of drug-likeness (QED) is 0.697. The molecule has 0 spiro atoms. The lowest BCUT2D eigenvalue weighted by Gasteiger charge is -1.97. The summed E-state index contributed by atoms with van der Waals surface area (Å²) in [6.45, 7) is 2.10. The van der Waals surface area contributed by atoms with E-state index >= 15 is 0 Å². The summed E-state index contributed by atoms with van der Waals surface area (Å²) >= 11 is 0. The Hall–Kier alpha value is -1.64. The average Bonchev–Trinajstić information content (AvgIpc) is 2.62. The van der Waals surface area contributed by atoms with E-state index in [4.69, 9.17) is 4.42 Å². The third-order valence-electron chi connectivity index (χ3n) is 2.15. The van der Waals surface area contributed by atoms with E-state index in [1.807, 2.05) is 0 Å². The topological polar surface area (TPSA) is 43.1 Å². The number of pyridine rings is 1. The van der Waals surface area contributed by atoms with E-state index < -0.39 is 0 Å². The molecule has 3 nitrogen and oxygen atoms in total. The van der Waals surface area contributed by atoms with E-state index in [2.05, 4.69) is 11.9 Å². The summed E-state index contributed by atoms with van der Waals surface area (Å²) in [6, 6.07) is 1.72. The van der Waals surface area contributed by atoms with Gasteiger partial charge in [0, 0.05) is 23.3 Å². The molecule has 2 aromatic heterocycles. The van der Waals surface area contributed by atoms with Gasteiger partial charge >= 0.3 is 0 Å². The highest BCUT2D eigenvalue weighted by molar-refractivity contribution is 5.86. The van der Waals surface area contributed by atoms with E-state index in [9.17, 15) is 4.79 Å². The van der Waals surface area contributed by atoms with Gasteiger partial charge in [0.2, 0.25) is 0 Å². The second-order valence-electron chi connectivity index (χ2n) is 3.23. The lowest BCUT2D eigenvalue weighted by atomic mass is 10.1. The van der Waals surface area contributed by atoms with E-state index in [1.54, 1.807) is 18.5 Å². The Balaban J connectivity index is 2.60. The van der Waals surface area contributed by atoms with Gasteiger partial charge in [-0.3, -0.25) is 9.78 Å². The van der Waals surface area contributed by atoms with Crippen molar-refractivity contribution < 1.29 is 9.21 Å². The van der Waals surface area contributed by atoms with Crippen LogP contribution in [0.25, 0.3) is 11.0 Å². The highest BCUT2D eigenvalue weighted by Crippen LogP contribution is 2.21. The van der Waals surface area contributed by atoms with Gasteiger partial charge in [-0.05, 0) is 12.5 Å². The summed E-state index contributed by atoms with van der Waals surface area (Å²) in [5, 5.41) is 0.901. The van der Waals surface area contributed by atoms with Crippen LogP contribution in [0.15, 0.2) is 22.9 Å². The summed E-state index contributed by atoms with van der Waals surface area (Å²) in [7, 11) is 0. The highest BCUT2D eigenvalue weighted by Gasteiger charge is 2.07. The Morgan fingerprint density at radius 3 is 3.07 bits per heavy atom. The number of hydrogen-bond donors (Lipinski definition) is 0. The predicted molar refractivity (Wildman–Crippen MR) is 53.4 cm³/mol. The molecule has 0 aromatic carbocycles. The molecule has 0 unspecified atom stereocenters. The molecule has 0 radical (unpaired) electrons. The largest absolute Gasteiger partial charge is 0.453 e. The SMILES string of the molecule is CCCc1cncc2cc(C=O)oc12. The summed E-state index contributed by atoms with van der Waals surface area (Å²) in [6.07, 6.45) is 6.19. The number of rotatable bonds is 3. The zero-order valence-electron chi connectivity index (χ0n) is 7.99. The van der Waals surface area contributed by atoms with Crippen molar-refractivity contribution >= 4 is 17.3 Å². The lowest BCUT2D eigenvalue weighted by molar-refractivity contribution is 0.110. The van der Waals surface area contributed by atoms with Crippen LogP contribution in [0.2, 0.25) is 0 Å². The number of hydrogen-bond acceptors (Lipinski definition) is 3. The fraction of sp³-hybridized carbons (Fsp3) is 0.273. The van der Waals surface area contributed by atoms with Crippen molar-refractivity contribution in [2.75, 3.05) is 0 Å². The fourth-order valence-electron chi connectivity index (χ4n) is 1.54. The van der Waals surface area contributed by atoms with Crippen molar-refractivity contribution in [3.8, 4) is 0 Å². The van der Waals surface area contributed by atoms with Gasteiger partial charge in [-0.2, -0.15) is 0 Å². The predicted octanol–water partition coefficient (Wildman–Crippen LogP) is 2.59. The zero-order chi connectivity index (χ0) is 9.97. The van der Waals surface area contributed by atoms with Gasteiger partial charge < -0.3 is 4.42 Å². The molecule has 0 aliphatic rings. The molecule has 0 aliphatic carbocycles. The van der Waals surface area contributed by atoms with Gasteiger partial charge in [0.25, 0.3) is 0 Å². The maximum absolute atomic E-state index is 10.5. The number of aromatic nitrogens is 1. The molecule has 72 valence electrons. The molecule has 2 rings (SSSR count). The van der Waals surface area contributed by atoms with E-state index in [1.165, 1.54) is 0 Å². The summed E-state index contributed by atoms with van der Waals surface area (Å²) in [5.41, 5.74) is 1.86. The number of aldehydes is 1. The minimum atomic E-state index is 0.366. The van der Waals surface area contributed by atoms with Crippen molar-refractivity contribution in [2.45, 2.75) is 19.8 Å². The zero-order valence-corrected chi connectivity index (χ0v) is 7.99. The molecular formula is C11H11NO2. The number of aryl methyl sites for hydroxylation is 1. The van der Waals surface area contributed by atoms with Crippen molar-refractivity contribution in [2.24, 2.45) is 0 Å². The van der Waals surface area contributed by atoms with Crippen molar-refractivity contribution in [1.29, 1.82) is 0 Å². The number of nitrogens with zero attached hydrogens (tertiary/aromatic N) is 1. The number of fused-ring (bicyclic) bond motifs is 1. The molecule has 0 atom stereocenters. The van der Waals surface area contributed by atoms with Gasteiger partial charge in [0.15, 0.2) is 12.0 Å². The van der Waals surface area contributed by atoms with Crippen LogP contribution in [0.1, 0.15) is 29.5 Å². The highest BCUT2D eigenvalue weighted by atomic mass is 16.3. The Labute approximate surface area is 81.7 Å². The van der Waals surface area contributed by atoms with Crippen LogP contribution in [-0.4, -0.2) is 11.3 Å². The molecule has 0 saturated heterocycles. The number of carbonyl (C=O) groups is 1. The maximum atomic E-state index is 10.5. The summed E-state index contributed by atoms with van der Waals surface area (Å²) in [5.74, 6) is 0.366. The second-order valence-corrected chi connectivity index (χ2v) is 3.23. The first-order chi connectivity index (χ1) is 6.85. The molecule has 14 heavy (non-hydrogen) atoms. The molecule has 2 aromatic rings. The van der Waals surface area contributed by atoms with Gasteiger partial charge in [-0.25, -0.2) is 0 Å². The van der Waals surface area contributed by atoms with Crippen LogP contribution in [-0.2, 0) is 6.42 Å². The average molecular weight is 189 g/mol. The summed E-state index contributed by atoms with van der Waals surface area (Å²) < 4.78 is 5.39. The first kappa shape index (κ1) is 8.94. The van der Waals surface area contributed by atoms with Crippen LogP contribution in [0.3, 0.4) is 0 Å². The number of carbonyl (C=O) groups excluding carboxylic acids is 1. The first-order valence-electron chi connectivity index (χ1n) is 4.66. The lowest BCUT2D eigenvalue weighted by Crippen LogP contribution is -1.84. The summed E-state index contributed by atoms with van der Waals surface area (Å²) in [4.78, 5) is 14.6. The molecule has 0 saturated carbocycles. The normalized spacial score (nSPS) is 10.6. The molecule has 0 aliphatic heterocycles. The maximum Gasteiger partial charge on any atom is 0.185 e. The smallest absolute Gasteiger partial charge is 0.185 e. The third-order valence-corrected chi connectivity index (χ3v) is 2.15. The Morgan fingerprint density at radius 2 is 2.36 bits per heavy atom. The Kier molecular flexibility index (Phi) is 2.31. The molecule has 0 fully saturated rings. The van der Waals surface area contributed by atoms with Crippen LogP contribution in [0.5, 0.6) is 0 Å². The Bertz CT molecular complexity index is 459. The molecular weight excluding hydrogens is 178 g/mol. The van der Waals surface area contributed by atoms with Crippen LogP contribution >= 0.6 is 0 Å². The molecule has 2 heterocycles. The molecule has 0 bridgehead atoms. The van der Waals surface area contributed by atoms with Gasteiger partial charge in [0.05, 0.1) is 0 Å². The van der Waals surface area contributed by atoms with Gasteiger partial charge in [-0.1, -0.05) is 13.3 Å². The van der Waals surface area contributed by atoms with Crippen molar-refractivity contribution in [3.63, 3.8) is 0 Å². The van der Waals surface area contributed by atoms with Crippen molar-refractivity contribution in [3.05, 3.63) is 29.8 Å². The minimum Gasteiger partial charge on any atom is -0.453 e. The van der Waals surface area contributed by atoms with Gasteiger partial charge in [0.1, 0.15) is 5.58 Å². The monoisotopic (exact) mass is 189 g/mol. The van der Waals surface area contributed by atoms with E-state index in [-0.39, 0.29) is 0 Å². The third kappa shape index (κ3) is 1.41. The molecule has 3 heteroatoms. The van der Waals surface area contributed by atoms with Gasteiger partial charge in [-0.15, -0.1) is 0 Å². The number of furan rings is 1. The minimum absolute atomic E-state index is 0.366. The Morgan fingerprint density at radius 1 is 1.50 bits per heavy atom. The fourth-order valence-corrected chi connectivity index (χ4v) is 1.54. The first-order valence-corrected chi connectivity index (χ1v) is 4.66. The van der Waals surface area contributed by atoms with Crippen LogP contribution < -0.4 is 0 Å². The van der Waals surface area contributed by atoms with Crippen LogP contribution in [0, 0.1) is 0 Å². The molecule has 0 N–H and O–H groups in total.